The maximum absolute atomic E-state index is 14.1. The predicted molar refractivity (Wildman–Crippen MR) is 112 cm³/mol. The van der Waals surface area contributed by atoms with Crippen molar-refractivity contribution in [2.75, 3.05) is 0 Å². The molecule has 2 aliphatic carbocycles. The normalized spacial score (nSPS) is 21.2. The summed E-state index contributed by atoms with van der Waals surface area (Å²) < 4.78 is 66.7. The SMILES string of the molecule is CCCC=C[C@H]1CCc2c(ccc3c2CC[C@H](c2cc(F)c(C(F)(F)F)c(F)c2)C3)C1. The van der Waals surface area contributed by atoms with E-state index in [4.69, 9.17) is 0 Å². The molecule has 0 aromatic heterocycles. The molecule has 0 saturated carbocycles. The van der Waals surface area contributed by atoms with Gasteiger partial charge < -0.3 is 0 Å². The van der Waals surface area contributed by atoms with E-state index in [-0.39, 0.29) is 5.92 Å². The number of benzene rings is 2. The van der Waals surface area contributed by atoms with Crippen molar-refractivity contribution >= 4 is 0 Å². The van der Waals surface area contributed by atoms with Crippen LogP contribution in [0.2, 0.25) is 0 Å². The highest BCUT2D eigenvalue weighted by Gasteiger charge is 2.38. The lowest BCUT2D eigenvalue weighted by Crippen LogP contribution is -2.20. The smallest absolute Gasteiger partial charge is 0.206 e. The zero-order valence-corrected chi connectivity index (χ0v) is 17.7. The molecule has 0 spiro atoms. The van der Waals surface area contributed by atoms with E-state index in [1.165, 1.54) is 16.7 Å². The number of alkyl halides is 3. The highest BCUT2D eigenvalue weighted by molar-refractivity contribution is 5.46. The van der Waals surface area contributed by atoms with Gasteiger partial charge in [0.2, 0.25) is 0 Å². The summed E-state index contributed by atoms with van der Waals surface area (Å²) in [7, 11) is 0. The van der Waals surface area contributed by atoms with Crippen molar-refractivity contribution < 1.29 is 22.0 Å². The van der Waals surface area contributed by atoms with E-state index in [9.17, 15) is 22.0 Å². The van der Waals surface area contributed by atoms with Gasteiger partial charge in [-0.1, -0.05) is 37.6 Å². The lowest BCUT2D eigenvalue weighted by atomic mass is 9.73. The van der Waals surface area contributed by atoms with Crippen molar-refractivity contribution in [1.29, 1.82) is 0 Å². The van der Waals surface area contributed by atoms with Gasteiger partial charge in [-0.15, -0.1) is 0 Å². The Morgan fingerprint density at radius 1 is 0.935 bits per heavy atom. The minimum absolute atomic E-state index is 0.176. The lowest BCUT2D eigenvalue weighted by molar-refractivity contribution is -0.142. The number of unbranched alkanes of at least 4 members (excludes halogenated alkanes) is 1. The number of hydrogen-bond donors (Lipinski definition) is 0. The van der Waals surface area contributed by atoms with Crippen LogP contribution in [0.3, 0.4) is 0 Å². The zero-order chi connectivity index (χ0) is 22.2. The van der Waals surface area contributed by atoms with Crippen LogP contribution in [-0.2, 0) is 31.9 Å². The first-order chi connectivity index (χ1) is 14.8. The molecule has 0 amide bonds. The molecule has 2 aliphatic rings. The van der Waals surface area contributed by atoms with Crippen LogP contribution in [0.5, 0.6) is 0 Å². The average Bonchev–Trinajstić information content (AvgIpc) is 2.71. The third-order valence-electron chi connectivity index (χ3n) is 6.76. The number of rotatable bonds is 4. The third-order valence-corrected chi connectivity index (χ3v) is 6.76. The van der Waals surface area contributed by atoms with Crippen molar-refractivity contribution in [3.8, 4) is 0 Å². The first kappa shape index (κ1) is 22.0. The fourth-order valence-electron chi connectivity index (χ4n) is 5.20. The van der Waals surface area contributed by atoms with Gasteiger partial charge in [0.1, 0.15) is 17.2 Å². The molecule has 0 nitrogen and oxygen atoms in total. The molecular weight excluding hydrogens is 407 g/mol. The molecule has 0 unspecified atom stereocenters. The Labute approximate surface area is 180 Å². The van der Waals surface area contributed by atoms with E-state index in [0.29, 0.717) is 24.3 Å². The van der Waals surface area contributed by atoms with Crippen LogP contribution >= 0.6 is 0 Å². The van der Waals surface area contributed by atoms with Crippen LogP contribution in [0.1, 0.15) is 71.9 Å². The third kappa shape index (κ3) is 4.56. The maximum Gasteiger partial charge on any atom is 0.422 e. The predicted octanol–water partition coefficient (Wildman–Crippen LogP) is 7.72. The monoisotopic (exact) mass is 434 g/mol. The quantitative estimate of drug-likeness (QED) is 0.341. The van der Waals surface area contributed by atoms with Gasteiger partial charge in [-0.2, -0.15) is 13.2 Å². The fraction of sp³-hybridized carbons (Fsp3) is 0.462. The number of allylic oxidation sites excluding steroid dienone is 2. The Bertz CT molecular complexity index is 963. The van der Waals surface area contributed by atoms with Gasteiger partial charge in [0.25, 0.3) is 0 Å². The fourth-order valence-corrected chi connectivity index (χ4v) is 5.20. The number of fused-ring (bicyclic) bond motifs is 3. The highest BCUT2D eigenvalue weighted by Crippen LogP contribution is 2.40. The molecule has 2 aromatic carbocycles. The second-order valence-corrected chi connectivity index (χ2v) is 8.86. The van der Waals surface area contributed by atoms with Gasteiger partial charge >= 0.3 is 6.18 Å². The van der Waals surface area contributed by atoms with Crippen LogP contribution in [0.4, 0.5) is 22.0 Å². The highest BCUT2D eigenvalue weighted by atomic mass is 19.4. The molecule has 31 heavy (non-hydrogen) atoms. The van der Waals surface area contributed by atoms with E-state index in [0.717, 1.165) is 56.2 Å². The molecule has 0 radical (unpaired) electrons. The van der Waals surface area contributed by atoms with Gasteiger partial charge in [-0.25, -0.2) is 8.78 Å². The summed E-state index contributed by atoms with van der Waals surface area (Å²) in [5.41, 5.74) is 3.83. The zero-order valence-electron chi connectivity index (χ0n) is 17.7. The Morgan fingerprint density at radius 3 is 2.16 bits per heavy atom. The standard InChI is InChI=1S/C26H27F5/c1-2-3-4-5-16-6-10-21-18(12-16)7-8-19-13-17(9-11-22(19)21)20-14-23(27)25(24(28)15-20)26(29,30)31/h4-5,7-8,14-17H,2-3,6,9-13H2,1H3/t16-,17-/m0/s1. The van der Waals surface area contributed by atoms with E-state index in [1.54, 1.807) is 0 Å². The topological polar surface area (TPSA) is 0 Å². The first-order valence-electron chi connectivity index (χ1n) is 11.1. The van der Waals surface area contributed by atoms with E-state index in [2.05, 4.69) is 31.2 Å². The Kier molecular flexibility index (Phi) is 6.23. The van der Waals surface area contributed by atoms with Crippen molar-refractivity contribution in [1.82, 2.24) is 0 Å². The molecule has 0 N–H and O–H groups in total. The Hall–Kier alpha value is -2.17. The summed E-state index contributed by atoms with van der Waals surface area (Å²) in [6.07, 6.45) is 7.15. The summed E-state index contributed by atoms with van der Waals surface area (Å²) in [6, 6.07) is 6.01. The van der Waals surface area contributed by atoms with Crippen LogP contribution in [0.15, 0.2) is 36.4 Å². The van der Waals surface area contributed by atoms with Crippen molar-refractivity contribution in [3.05, 3.63) is 81.4 Å². The van der Waals surface area contributed by atoms with Crippen LogP contribution in [0.25, 0.3) is 0 Å². The van der Waals surface area contributed by atoms with Crippen LogP contribution in [0, 0.1) is 17.6 Å². The Morgan fingerprint density at radius 2 is 1.55 bits per heavy atom. The summed E-state index contributed by atoms with van der Waals surface area (Å²) in [5.74, 6) is -2.65. The van der Waals surface area contributed by atoms with Crippen molar-refractivity contribution in [2.24, 2.45) is 5.92 Å². The summed E-state index contributed by atoms with van der Waals surface area (Å²) in [6.45, 7) is 2.17. The summed E-state index contributed by atoms with van der Waals surface area (Å²) in [4.78, 5) is 0. The lowest BCUT2D eigenvalue weighted by Gasteiger charge is -2.31. The molecule has 0 fully saturated rings. The largest absolute Gasteiger partial charge is 0.422 e. The van der Waals surface area contributed by atoms with E-state index in [1.807, 2.05) is 0 Å². The molecule has 4 rings (SSSR count). The van der Waals surface area contributed by atoms with Gasteiger partial charge in [0.05, 0.1) is 0 Å². The van der Waals surface area contributed by atoms with Gasteiger partial charge in [0.15, 0.2) is 0 Å². The minimum atomic E-state index is -5.03. The number of halogens is 5. The second-order valence-electron chi connectivity index (χ2n) is 8.86. The molecule has 0 saturated heterocycles. The van der Waals surface area contributed by atoms with Crippen LogP contribution in [-0.4, -0.2) is 0 Å². The summed E-state index contributed by atoms with van der Waals surface area (Å²) >= 11 is 0. The maximum atomic E-state index is 14.1. The molecule has 2 atom stereocenters. The Balaban J connectivity index is 1.55. The summed E-state index contributed by atoms with van der Waals surface area (Å²) in [5, 5.41) is 0. The minimum Gasteiger partial charge on any atom is -0.206 e. The molecule has 0 bridgehead atoms. The molecular formula is C26H27F5. The van der Waals surface area contributed by atoms with Gasteiger partial charge in [-0.3, -0.25) is 0 Å². The van der Waals surface area contributed by atoms with Crippen molar-refractivity contribution in [3.63, 3.8) is 0 Å². The molecule has 166 valence electrons. The van der Waals surface area contributed by atoms with E-state index < -0.39 is 23.4 Å². The molecule has 5 heteroatoms. The molecule has 2 aromatic rings. The van der Waals surface area contributed by atoms with E-state index >= 15 is 0 Å². The molecule has 0 aliphatic heterocycles. The van der Waals surface area contributed by atoms with Gasteiger partial charge in [0, 0.05) is 0 Å². The molecule has 0 heterocycles. The number of hydrogen-bond acceptors (Lipinski definition) is 0. The average molecular weight is 434 g/mol. The second kappa shape index (κ2) is 8.76. The first-order valence-corrected chi connectivity index (χ1v) is 11.1. The van der Waals surface area contributed by atoms with Crippen LogP contribution < -0.4 is 0 Å². The van der Waals surface area contributed by atoms with Crippen molar-refractivity contribution in [2.45, 2.75) is 70.4 Å². The van der Waals surface area contributed by atoms with Gasteiger partial charge in [-0.05, 0) is 96.7 Å².